The Morgan fingerprint density at radius 2 is 1.75 bits per heavy atom. The number of aryl methyl sites for hydroxylation is 1. The summed E-state index contributed by atoms with van der Waals surface area (Å²) in [5.74, 6) is 2.74. The molecule has 3 aromatic carbocycles. The third kappa shape index (κ3) is 5.88. The largest absolute Gasteiger partial charge is 0.497 e. The highest BCUT2D eigenvalue weighted by Crippen LogP contribution is 2.26. The summed E-state index contributed by atoms with van der Waals surface area (Å²) in [4.78, 5) is 17.8. The lowest BCUT2D eigenvalue weighted by Gasteiger charge is -2.17. The van der Waals surface area contributed by atoms with Crippen LogP contribution in [0.5, 0.6) is 11.5 Å². The van der Waals surface area contributed by atoms with Crippen LogP contribution in [0.4, 0.5) is 0 Å². The van der Waals surface area contributed by atoms with E-state index in [0.717, 1.165) is 42.0 Å². The average Bonchev–Trinajstić information content (AvgIpc) is 3.27. The van der Waals surface area contributed by atoms with Crippen LogP contribution in [0, 0.1) is 0 Å². The number of fused-ring (bicyclic) bond motifs is 1. The van der Waals surface area contributed by atoms with Gasteiger partial charge >= 0.3 is 0 Å². The molecule has 0 aliphatic carbocycles. The van der Waals surface area contributed by atoms with Crippen molar-refractivity contribution in [3.05, 3.63) is 89.7 Å². The number of ether oxygens (including phenoxy) is 2. The summed E-state index contributed by atoms with van der Waals surface area (Å²) in [7, 11) is 1.59. The molecular weight excluding hydrogens is 450 g/mol. The number of amides is 1. The van der Waals surface area contributed by atoms with E-state index in [0.29, 0.717) is 23.8 Å². The maximum atomic E-state index is 12.9. The lowest BCUT2D eigenvalue weighted by atomic mass is 10.0. The molecule has 4 rings (SSSR count). The quantitative estimate of drug-likeness (QED) is 0.246. The van der Waals surface area contributed by atoms with Gasteiger partial charge in [0.1, 0.15) is 17.3 Å². The Morgan fingerprint density at radius 3 is 2.56 bits per heavy atom. The third-order valence-corrected chi connectivity index (χ3v) is 6.33. The first kappa shape index (κ1) is 25.3. The van der Waals surface area contributed by atoms with Gasteiger partial charge in [0.05, 0.1) is 30.8 Å². The number of carbonyl (C=O) groups is 1. The number of nitrogens with one attached hydrogen (secondary N) is 1. The predicted octanol–water partition coefficient (Wildman–Crippen LogP) is 6.52. The number of hydrogen-bond acceptors (Lipinski definition) is 4. The molecule has 0 bridgehead atoms. The van der Waals surface area contributed by atoms with Crippen molar-refractivity contribution in [2.24, 2.45) is 0 Å². The van der Waals surface area contributed by atoms with Gasteiger partial charge in [0.25, 0.3) is 5.91 Å². The highest BCUT2D eigenvalue weighted by Gasteiger charge is 2.19. The number of aromatic nitrogens is 2. The van der Waals surface area contributed by atoms with Crippen molar-refractivity contribution in [1.29, 1.82) is 0 Å². The predicted molar refractivity (Wildman–Crippen MR) is 144 cm³/mol. The Bertz CT molecular complexity index is 1310. The number of methoxy groups -OCH3 is 1. The van der Waals surface area contributed by atoms with Crippen molar-refractivity contribution in [2.45, 2.75) is 52.1 Å². The zero-order valence-electron chi connectivity index (χ0n) is 21.5. The number of hydrogen-bond donors (Lipinski definition) is 1. The van der Waals surface area contributed by atoms with Gasteiger partial charge in [0, 0.05) is 12.1 Å². The van der Waals surface area contributed by atoms with Gasteiger partial charge in [0.15, 0.2) is 0 Å². The van der Waals surface area contributed by atoms with Crippen LogP contribution in [0.1, 0.15) is 67.3 Å². The minimum atomic E-state index is -0.259. The van der Waals surface area contributed by atoms with Crippen LogP contribution in [0.2, 0.25) is 0 Å². The molecule has 1 atom stereocenters. The molecule has 6 nitrogen and oxygen atoms in total. The molecule has 4 aromatic rings. The van der Waals surface area contributed by atoms with E-state index >= 15 is 0 Å². The van der Waals surface area contributed by atoms with Gasteiger partial charge in [0.2, 0.25) is 0 Å². The first-order chi connectivity index (χ1) is 17.5. The summed E-state index contributed by atoms with van der Waals surface area (Å²) in [5, 5.41) is 3.10. The summed E-state index contributed by atoms with van der Waals surface area (Å²) in [5.41, 5.74) is 3.79. The second-order valence-corrected chi connectivity index (χ2v) is 9.29. The minimum absolute atomic E-state index is 0.155. The fourth-order valence-corrected chi connectivity index (χ4v) is 4.41. The molecule has 1 amide bonds. The summed E-state index contributed by atoms with van der Waals surface area (Å²) >= 11 is 0. The molecule has 188 valence electrons. The zero-order valence-corrected chi connectivity index (χ0v) is 21.5. The number of rotatable bonds is 11. The maximum Gasteiger partial charge on any atom is 0.251 e. The summed E-state index contributed by atoms with van der Waals surface area (Å²) < 4.78 is 13.6. The molecule has 0 radical (unpaired) electrons. The van der Waals surface area contributed by atoms with Gasteiger partial charge in [-0.2, -0.15) is 0 Å². The first-order valence-corrected chi connectivity index (χ1v) is 12.6. The number of nitrogens with zero attached hydrogens (tertiary/aromatic N) is 2. The van der Waals surface area contributed by atoms with Gasteiger partial charge in [-0.1, -0.05) is 50.2 Å². The van der Waals surface area contributed by atoms with Gasteiger partial charge in [-0.3, -0.25) is 4.79 Å². The monoisotopic (exact) mass is 485 g/mol. The van der Waals surface area contributed by atoms with E-state index in [1.807, 2.05) is 49.4 Å². The SMILES string of the molecule is COc1cccc(C(=O)NC(C)c2nc3ccccc3n2CCCCOc2ccccc2C(C)C)c1. The van der Waals surface area contributed by atoms with Crippen LogP contribution in [0.15, 0.2) is 72.8 Å². The standard InChI is InChI=1S/C30H35N3O3/c1-21(2)25-14-5-8-17-28(25)36-19-10-9-18-33-27-16-7-6-15-26(27)32-29(33)22(3)31-30(34)23-12-11-13-24(20-23)35-4/h5-8,11-17,20-22H,9-10,18-19H2,1-4H3,(H,31,34). The third-order valence-electron chi connectivity index (χ3n) is 6.33. The molecule has 1 heterocycles. The fourth-order valence-electron chi connectivity index (χ4n) is 4.41. The van der Waals surface area contributed by atoms with E-state index in [-0.39, 0.29) is 11.9 Å². The Labute approximate surface area is 213 Å². The molecule has 36 heavy (non-hydrogen) atoms. The second-order valence-electron chi connectivity index (χ2n) is 9.29. The van der Waals surface area contributed by atoms with Gasteiger partial charge in [-0.25, -0.2) is 4.98 Å². The molecule has 0 fully saturated rings. The Hall–Kier alpha value is -3.80. The van der Waals surface area contributed by atoms with Crippen molar-refractivity contribution in [2.75, 3.05) is 13.7 Å². The number of benzene rings is 3. The van der Waals surface area contributed by atoms with Crippen molar-refractivity contribution in [3.63, 3.8) is 0 Å². The van der Waals surface area contributed by atoms with E-state index in [4.69, 9.17) is 14.5 Å². The van der Waals surface area contributed by atoms with Gasteiger partial charge in [-0.05, 0) is 67.6 Å². The smallest absolute Gasteiger partial charge is 0.251 e. The zero-order chi connectivity index (χ0) is 25.5. The minimum Gasteiger partial charge on any atom is -0.497 e. The van der Waals surface area contributed by atoms with Crippen molar-refractivity contribution >= 4 is 16.9 Å². The molecule has 1 aromatic heterocycles. The Balaban J connectivity index is 1.43. The highest BCUT2D eigenvalue weighted by atomic mass is 16.5. The van der Waals surface area contributed by atoms with E-state index in [9.17, 15) is 4.79 Å². The van der Waals surface area contributed by atoms with E-state index in [2.05, 4.69) is 41.9 Å². The second kappa shape index (κ2) is 11.8. The summed E-state index contributed by atoms with van der Waals surface area (Å²) in [6.45, 7) is 7.80. The Kier molecular flexibility index (Phi) is 8.26. The lowest BCUT2D eigenvalue weighted by Crippen LogP contribution is -2.28. The van der Waals surface area contributed by atoms with Crippen LogP contribution in [0.3, 0.4) is 0 Å². The van der Waals surface area contributed by atoms with Crippen LogP contribution >= 0.6 is 0 Å². The van der Waals surface area contributed by atoms with E-state index in [1.54, 1.807) is 19.2 Å². The molecule has 1 N–H and O–H groups in total. The molecule has 0 aliphatic heterocycles. The molecular formula is C30H35N3O3. The number of carbonyl (C=O) groups excluding carboxylic acids is 1. The van der Waals surface area contributed by atoms with Crippen molar-refractivity contribution < 1.29 is 14.3 Å². The van der Waals surface area contributed by atoms with E-state index in [1.165, 1.54) is 5.56 Å². The normalized spacial score (nSPS) is 12.0. The maximum absolute atomic E-state index is 12.9. The van der Waals surface area contributed by atoms with E-state index < -0.39 is 0 Å². The van der Waals surface area contributed by atoms with Gasteiger partial charge in [-0.15, -0.1) is 0 Å². The lowest BCUT2D eigenvalue weighted by molar-refractivity contribution is 0.0937. The van der Waals surface area contributed by atoms with Crippen molar-refractivity contribution in [3.8, 4) is 11.5 Å². The topological polar surface area (TPSA) is 65.4 Å². The van der Waals surface area contributed by atoms with Crippen LogP contribution in [0.25, 0.3) is 11.0 Å². The molecule has 1 unspecified atom stereocenters. The summed E-state index contributed by atoms with van der Waals surface area (Å²) in [6.07, 6.45) is 1.86. The van der Waals surface area contributed by atoms with Crippen LogP contribution in [-0.2, 0) is 6.54 Å². The summed E-state index contributed by atoms with van der Waals surface area (Å²) in [6, 6.07) is 23.3. The van der Waals surface area contributed by atoms with Crippen LogP contribution in [-0.4, -0.2) is 29.2 Å². The van der Waals surface area contributed by atoms with Crippen LogP contribution < -0.4 is 14.8 Å². The fraction of sp³-hybridized carbons (Fsp3) is 0.333. The molecule has 0 saturated carbocycles. The number of para-hydroxylation sites is 3. The first-order valence-electron chi connectivity index (χ1n) is 12.6. The average molecular weight is 486 g/mol. The molecule has 0 spiro atoms. The number of imidazole rings is 1. The molecule has 0 saturated heterocycles. The molecule has 0 aliphatic rings. The molecule has 6 heteroatoms. The highest BCUT2D eigenvalue weighted by molar-refractivity contribution is 5.94. The van der Waals surface area contributed by atoms with Gasteiger partial charge < -0.3 is 19.4 Å². The Morgan fingerprint density at radius 1 is 0.972 bits per heavy atom. The number of unbranched alkanes of at least 4 members (excludes halogenated alkanes) is 1. The van der Waals surface area contributed by atoms with Crippen molar-refractivity contribution in [1.82, 2.24) is 14.9 Å².